The van der Waals surface area contributed by atoms with Crippen molar-refractivity contribution in [3.05, 3.63) is 42.0 Å². The second-order valence-corrected chi connectivity index (χ2v) is 8.04. The highest BCUT2D eigenvalue weighted by Crippen LogP contribution is 2.26. The summed E-state index contributed by atoms with van der Waals surface area (Å²) in [6, 6.07) is 11.5. The van der Waals surface area contributed by atoms with Crippen LogP contribution in [0, 0.1) is 12.8 Å². The van der Waals surface area contributed by atoms with Crippen LogP contribution in [0.3, 0.4) is 0 Å². The highest BCUT2D eigenvalue weighted by molar-refractivity contribution is 7.89. The molecule has 1 fully saturated rings. The number of piperidine rings is 1. The molecule has 0 spiro atoms. The van der Waals surface area contributed by atoms with Gasteiger partial charge in [0.25, 0.3) is 0 Å². The summed E-state index contributed by atoms with van der Waals surface area (Å²) in [7, 11) is -3.36. The highest BCUT2D eigenvalue weighted by atomic mass is 32.2. The molecule has 0 atom stereocenters. The van der Waals surface area contributed by atoms with Gasteiger partial charge in [-0.2, -0.15) is 4.31 Å². The average Bonchev–Trinajstić information content (AvgIpc) is 2.47. The van der Waals surface area contributed by atoms with Gasteiger partial charge in [-0.05, 0) is 48.6 Å². The fourth-order valence-electron chi connectivity index (χ4n) is 2.88. The van der Waals surface area contributed by atoms with Gasteiger partial charge in [-0.25, -0.2) is 8.42 Å². The van der Waals surface area contributed by atoms with Crippen molar-refractivity contribution in [3.8, 4) is 0 Å². The first-order chi connectivity index (χ1) is 9.96. The minimum absolute atomic E-state index is 0.412. The summed E-state index contributed by atoms with van der Waals surface area (Å²) in [5.74, 6) is 0.621. The Bertz CT molecular complexity index is 759. The van der Waals surface area contributed by atoms with E-state index in [-0.39, 0.29) is 0 Å². The van der Waals surface area contributed by atoms with Gasteiger partial charge in [-0.1, -0.05) is 36.8 Å². The van der Waals surface area contributed by atoms with Gasteiger partial charge in [0.05, 0.1) is 4.90 Å². The van der Waals surface area contributed by atoms with Gasteiger partial charge < -0.3 is 0 Å². The topological polar surface area (TPSA) is 37.4 Å². The standard InChI is InChI=1S/C17H21NO2S/c1-13-7-9-18(10-8-13)21(19,20)17-6-5-15-4-3-14(2)11-16(15)12-17/h3-6,11-13H,7-10H2,1-2H3. The maximum atomic E-state index is 12.7. The molecule has 0 aromatic heterocycles. The molecule has 3 rings (SSSR count). The summed E-state index contributed by atoms with van der Waals surface area (Å²) >= 11 is 0. The number of benzene rings is 2. The zero-order chi connectivity index (χ0) is 15.0. The number of aryl methyl sites for hydroxylation is 1. The van der Waals surface area contributed by atoms with Gasteiger partial charge in [-0.3, -0.25) is 0 Å². The first-order valence-electron chi connectivity index (χ1n) is 7.47. The molecular weight excluding hydrogens is 282 g/mol. The molecule has 0 aliphatic carbocycles. The zero-order valence-corrected chi connectivity index (χ0v) is 13.4. The molecule has 0 unspecified atom stereocenters. The van der Waals surface area contributed by atoms with Crippen LogP contribution in [-0.2, 0) is 10.0 Å². The molecule has 0 bridgehead atoms. The van der Waals surface area contributed by atoms with E-state index in [1.165, 1.54) is 0 Å². The van der Waals surface area contributed by atoms with E-state index in [1.54, 1.807) is 16.4 Å². The Morgan fingerprint density at radius 2 is 1.67 bits per heavy atom. The lowest BCUT2D eigenvalue weighted by Crippen LogP contribution is -2.37. The Balaban J connectivity index is 1.98. The molecule has 2 aromatic carbocycles. The minimum atomic E-state index is -3.36. The van der Waals surface area contributed by atoms with Gasteiger partial charge in [0.15, 0.2) is 0 Å². The number of nitrogens with zero attached hydrogens (tertiary/aromatic N) is 1. The Labute approximate surface area is 126 Å². The molecule has 1 aliphatic heterocycles. The predicted octanol–water partition coefficient (Wildman–Crippen LogP) is 3.57. The normalized spacial score (nSPS) is 18.2. The molecule has 0 amide bonds. The van der Waals surface area contributed by atoms with E-state index in [0.29, 0.717) is 23.9 Å². The number of fused-ring (bicyclic) bond motifs is 1. The van der Waals surface area contributed by atoms with E-state index in [2.05, 4.69) is 6.92 Å². The second kappa shape index (κ2) is 5.43. The van der Waals surface area contributed by atoms with Crippen LogP contribution in [0.2, 0.25) is 0 Å². The molecule has 0 saturated carbocycles. The second-order valence-electron chi connectivity index (χ2n) is 6.10. The smallest absolute Gasteiger partial charge is 0.207 e. The summed E-state index contributed by atoms with van der Waals surface area (Å²) in [6.45, 7) is 5.47. The Morgan fingerprint density at radius 1 is 1.00 bits per heavy atom. The molecule has 2 aromatic rings. The van der Waals surface area contributed by atoms with E-state index in [9.17, 15) is 8.42 Å². The van der Waals surface area contributed by atoms with Crippen molar-refractivity contribution in [1.29, 1.82) is 0 Å². The van der Waals surface area contributed by atoms with Crippen molar-refractivity contribution in [3.63, 3.8) is 0 Å². The van der Waals surface area contributed by atoms with Gasteiger partial charge in [0.2, 0.25) is 10.0 Å². The van der Waals surface area contributed by atoms with E-state index in [4.69, 9.17) is 0 Å². The van der Waals surface area contributed by atoms with Crippen molar-refractivity contribution < 1.29 is 8.42 Å². The van der Waals surface area contributed by atoms with E-state index < -0.39 is 10.0 Å². The fraction of sp³-hybridized carbons (Fsp3) is 0.412. The van der Waals surface area contributed by atoms with E-state index >= 15 is 0 Å². The third kappa shape index (κ3) is 2.83. The maximum absolute atomic E-state index is 12.7. The Hall–Kier alpha value is -1.39. The molecule has 21 heavy (non-hydrogen) atoms. The number of hydrogen-bond donors (Lipinski definition) is 0. The van der Waals surface area contributed by atoms with Crippen LogP contribution >= 0.6 is 0 Å². The van der Waals surface area contributed by atoms with Crippen LogP contribution in [0.15, 0.2) is 41.3 Å². The number of rotatable bonds is 2. The lowest BCUT2D eigenvalue weighted by atomic mass is 10.0. The first-order valence-corrected chi connectivity index (χ1v) is 8.91. The molecule has 1 aliphatic rings. The van der Waals surface area contributed by atoms with Crippen molar-refractivity contribution in [2.24, 2.45) is 5.92 Å². The highest BCUT2D eigenvalue weighted by Gasteiger charge is 2.28. The molecule has 3 nitrogen and oxygen atoms in total. The molecule has 4 heteroatoms. The molecule has 0 N–H and O–H groups in total. The quantitative estimate of drug-likeness (QED) is 0.850. The molecular formula is C17H21NO2S. The fourth-order valence-corrected chi connectivity index (χ4v) is 4.38. The molecule has 1 heterocycles. The van der Waals surface area contributed by atoms with Crippen LogP contribution in [0.5, 0.6) is 0 Å². The van der Waals surface area contributed by atoms with Gasteiger partial charge in [0.1, 0.15) is 0 Å². The summed E-state index contributed by atoms with van der Waals surface area (Å²) in [5.41, 5.74) is 1.14. The maximum Gasteiger partial charge on any atom is 0.243 e. The first kappa shape index (κ1) is 14.5. The Morgan fingerprint density at radius 3 is 2.38 bits per heavy atom. The molecule has 0 radical (unpaired) electrons. The van der Waals surface area contributed by atoms with Crippen LogP contribution < -0.4 is 0 Å². The molecule has 112 valence electrons. The van der Waals surface area contributed by atoms with Gasteiger partial charge in [-0.15, -0.1) is 0 Å². The van der Waals surface area contributed by atoms with Crippen molar-refractivity contribution in [1.82, 2.24) is 4.31 Å². The van der Waals surface area contributed by atoms with Crippen molar-refractivity contribution in [2.75, 3.05) is 13.1 Å². The predicted molar refractivity (Wildman–Crippen MR) is 85.8 cm³/mol. The SMILES string of the molecule is Cc1ccc2ccc(S(=O)(=O)N3CCC(C)CC3)cc2c1. The van der Waals surface area contributed by atoms with Crippen molar-refractivity contribution >= 4 is 20.8 Å². The van der Waals surface area contributed by atoms with Crippen LogP contribution in [0.1, 0.15) is 25.3 Å². The van der Waals surface area contributed by atoms with E-state index in [1.807, 2.05) is 31.2 Å². The van der Waals surface area contributed by atoms with E-state index in [0.717, 1.165) is 29.2 Å². The largest absolute Gasteiger partial charge is 0.243 e. The number of hydrogen-bond acceptors (Lipinski definition) is 2. The van der Waals surface area contributed by atoms with Gasteiger partial charge in [0, 0.05) is 13.1 Å². The average molecular weight is 303 g/mol. The summed E-state index contributed by atoms with van der Waals surface area (Å²) in [4.78, 5) is 0.412. The monoisotopic (exact) mass is 303 g/mol. The minimum Gasteiger partial charge on any atom is -0.207 e. The van der Waals surface area contributed by atoms with Crippen molar-refractivity contribution in [2.45, 2.75) is 31.6 Å². The van der Waals surface area contributed by atoms with Crippen LogP contribution in [0.25, 0.3) is 10.8 Å². The lowest BCUT2D eigenvalue weighted by molar-refractivity contribution is 0.288. The lowest BCUT2D eigenvalue weighted by Gasteiger charge is -2.29. The molecule has 1 saturated heterocycles. The summed E-state index contributed by atoms with van der Waals surface area (Å²) in [6.07, 6.45) is 1.90. The summed E-state index contributed by atoms with van der Waals surface area (Å²) in [5, 5.41) is 2.06. The zero-order valence-electron chi connectivity index (χ0n) is 12.5. The summed E-state index contributed by atoms with van der Waals surface area (Å²) < 4.78 is 27.1. The van der Waals surface area contributed by atoms with Gasteiger partial charge >= 0.3 is 0 Å². The van der Waals surface area contributed by atoms with Crippen LogP contribution in [0.4, 0.5) is 0 Å². The number of sulfonamides is 1. The van der Waals surface area contributed by atoms with Crippen LogP contribution in [-0.4, -0.2) is 25.8 Å². The Kier molecular flexibility index (Phi) is 3.76. The third-order valence-corrected chi connectivity index (χ3v) is 6.24. The third-order valence-electron chi connectivity index (χ3n) is 4.35.